The number of hydrogen-bond donors (Lipinski definition) is 1. The molecule has 2 aromatic rings. The third-order valence-electron chi connectivity index (χ3n) is 5.00. The van der Waals surface area contributed by atoms with Gasteiger partial charge in [0.2, 0.25) is 15.9 Å². The van der Waals surface area contributed by atoms with Gasteiger partial charge in [-0.25, -0.2) is 17.4 Å². The number of nitrogens with one attached hydrogen (secondary N) is 1. The number of sulfonamides is 1. The number of amides is 1. The lowest BCUT2D eigenvalue weighted by Crippen LogP contribution is -2.44. The second-order valence-electron chi connectivity index (χ2n) is 7.36. The summed E-state index contributed by atoms with van der Waals surface area (Å²) < 4.78 is 27.6. The van der Waals surface area contributed by atoms with Crippen LogP contribution in [0.25, 0.3) is 5.69 Å². The fourth-order valence-electron chi connectivity index (χ4n) is 3.53. The van der Waals surface area contributed by atoms with E-state index in [1.54, 1.807) is 25.1 Å². The maximum atomic E-state index is 12.9. The molecule has 1 aromatic carbocycles. The van der Waals surface area contributed by atoms with Crippen LogP contribution >= 0.6 is 0 Å². The lowest BCUT2D eigenvalue weighted by atomic mass is 9.99. The molecule has 0 radical (unpaired) electrons. The summed E-state index contributed by atoms with van der Waals surface area (Å²) in [6.07, 6.45) is 1.76. The first kappa shape index (κ1) is 21.9. The highest BCUT2D eigenvalue weighted by Crippen LogP contribution is 2.24. The zero-order valence-corrected chi connectivity index (χ0v) is 17.8. The quantitative estimate of drug-likeness (QED) is 0.526. The maximum Gasteiger partial charge on any atom is 0.269 e. The second kappa shape index (κ2) is 8.92. The Morgan fingerprint density at radius 2 is 2.03 bits per heavy atom. The van der Waals surface area contributed by atoms with Crippen LogP contribution in [0.3, 0.4) is 0 Å². The number of aromatic nitrogens is 2. The molecule has 1 amide bonds. The van der Waals surface area contributed by atoms with Gasteiger partial charge < -0.3 is 5.32 Å². The molecule has 0 aliphatic carbocycles. The molecule has 0 bridgehead atoms. The normalized spacial score (nSPS) is 17.6. The van der Waals surface area contributed by atoms with Crippen LogP contribution in [0.4, 0.5) is 11.5 Å². The van der Waals surface area contributed by atoms with Gasteiger partial charge in [0, 0.05) is 31.3 Å². The average molecular weight is 436 g/mol. The minimum absolute atomic E-state index is 0.0381. The molecule has 1 aliphatic heterocycles. The van der Waals surface area contributed by atoms with Gasteiger partial charge in [-0.1, -0.05) is 6.92 Å². The Balaban J connectivity index is 1.76. The monoisotopic (exact) mass is 435 g/mol. The standard InChI is InChI=1S/C19H25N5O5S/c1-3-11-30(28,29)22-10-4-5-15(13-22)19(25)20-18-12-14(2)21-23(18)16-6-8-17(9-7-16)24(26)27/h6-9,12,15H,3-5,10-11,13H2,1-2H3,(H,20,25). The number of anilines is 1. The Bertz CT molecular complexity index is 1030. The van der Waals surface area contributed by atoms with Crippen LogP contribution in [0.15, 0.2) is 30.3 Å². The van der Waals surface area contributed by atoms with Crippen LogP contribution in [0.2, 0.25) is 0 Å². The van der Waals surface area contributed by atoms with Crippen LogP contribution in [0.5, 0.6) is 0 Å². The summed E-state index contributed by atoms with van der Waals surface area (Å²) in [5, 5.41) is 18.1. The highest BCUT2D eigenvalue weighted by molar-refractivity contribution is 7.89. The number of nitro groups is 1. The highest BCUT2D eigenvalue weighted by atomic mass is 32.2. The zero-order valence-electron chi connectivity index (χ0n) is 16.9. The van der Waals surface area contributed by atoms with Gasteiger partial charge in [0.1, 0.15) is 5.82 Å². The minimum atomic E-state index is -3.35. The molecule has 30 heavy (non-hydrogen) atoms. The van der Waals surface area contributed by atoms with E-state index in [1.807, 2.05) is 6.92 Å². The summed E-state index contributed by atoms with van der Waals surface area (Å²) in [6.45, 7) is 4.19. The first-order valence-electron chi connectivity index (χ1n) is 9.81. The molecule has 1 aliphatic rings. The number of aryl methyl sites for hydroxylation is 1. The number of benzene rings is 1. The van der Waals surface area contributed by atoms with Gasteiger partial charge in [-0.2, -0.15) is 5.10 Å². The van der Waals surface area contributed by atoms with E-state index in [9.17, 15) is 23.3 Å². The Hall–Kier alpha value is -2.79. The van der Waals surface area contributed by atoms with E-state index in [4.69, 9.17) is 0 Å². The molecule has 11 heteroatoms. The van der Waals surface area contributed by atoms with Crippen LogP contribution in [0, 0.1) is 23.0 Å². The molecule has 3 rings (SSSR count). The van der Waals surface area contributed by atoms with Crippen molar-refractivity contribution in [2.75, 3.05) is 24.2 Å². The second-order valence-corrected chi connectivity index (χ2v) is 9.45. The maximum absolute atomic E-state index is 12.9. The van der Waals surface area contributed by atoms with E-state index in [2.05, 4.69) is 10.4 Å². The fraction of sp³-hybridized carbons (Fsp3) is 0.474. The molecule has 1 saturated heterocycles. The average Bonchev–Trinajstić information content (AvgIpc) is 3.08. The molecule has 1 N–H and O–H groups in total. The van der Waals surface area contributed by atoms with E-state index in [0.717, 1.165) is 0 Å². The molecule has 162 valence electrons. The summed E-state index contributed by atoms with van der Waals surface area (Å²) in [6, 6.07) is 7.55. The predicted octanol–water partition coefficient (Wildman–Crippen LogP) is 2.48. The van der Waals surface area contributed by atoms with Crippen LogP contribution in [-0.2, 0) is 14.8 Å². The number of piperidine rings is 1. The first-order valence-corrected chi connectivity index (χ1v) is 11.4. The Kier molecular flexibility index (Phi) is 6.52. The van der Waals surface area contributed by atoms with Crippen LogP contribution < -0.4 is 5.32 Å². The lowest BCUT2D eigenvalue weighted by Gasteiger charge is -2.31. The number of non-ortho nitro benzene ring substituents is 1. The van der Waals surface area contributed by atoms with Crippen molar-refractivity contribution in [2.24, 2.45) is 5.92 Å². The van der Waals surface area contributed by atoms with Gasteiger partial charge in [0.05, 0.1) is 28.0 Å². The summed E-state index contributed by atoms with van der Waals surface area (Å²) in [7, 11) is -3.35. The Morgan fingerprint density at radius 1 is 1.33 bits per heavy atom. The fourth-order valence-corrected chi connectivity index (χ4v) is 5.11. The molecule has 0 saturated carbocycles. The van der Waals surface area contributed by atoms with Crippen molar-refractivity contribution in [1.29, 1.82) is 0 Å². The Labute approximate surface area is 175 Å². The number of nitro benzene ring substituents is 1. The lowest BCUT2D eigenvalue weighted by molar-refractivity contribution is -0.384. The van der Waals surface area contributed by atoms with Crippen molar-refractivity contribution in [3.05, 3.63) is 46.1 Å². The number of hydrogen-bond acceptors (Lipinski definition) is 6. The largest absolute Gasteiger partial charge is 0.310 e. The first-order chi connectivity index (χ1) is 14.2. The zero-order chi connectivity index (χ0) is 21.9. The van der Waals surface area contributed by atoms with E-state index in [-0.39, 0.29) is 23.9 Å². The molecule has 0 spiro atoms. The van der Waals surface area contributed by atoms with Crippen molar-refractivity contribution in [2.45, 2.75) is 33.1 Å². The third kappa shape index (κ3) is 4.85. The predicted molar refractivity (Wildman–Crippen MR) is 112 cm³/mol. The molecule has 10 nitrogen and oxygen atoms in total. The minimum Gasteiger partial charge on any atom is -0.310 e. The topological polar surface area (TPSA) is 127 Å². The highest BCUT2D eigenvalue weighted by Gasteiger charge is 2.32. The Morgan fingerprint density at radius 3 is 2.67 bits per heavy atom. The van der Waals surface area contributed by atoms with Crippen molar-refractivity contribution in [3.63, 3.8) is 0 Å². The molecule has 2 heterocycles. The number of carbonyl (C=O) groups excluding carboxylic acids is 1. The van der Waals surface area contributed by atoms with Gasteiger partial charge in [-0.3, -0.25) is 14.9 Å². The molecule has 1 aromatic heterocycles. The van der Waals surface area contributed by atoms with Gasteiger partial charge in [-0.05, 0) is 38.3 Å². The summed E-state index contributed by atoms with van der Waals surface area (Å²) >= 11 is 0. The molecule has 1 fully saturated rings. The van der Waals surface area contributed by atoms with E-state index in [1.165, 1.54) is 21.1 Å². The van der Waals surface area contributed by atoms with Crippen molar-refractivity contribution >= 4 is 27.4 Å². The van der Waals surface area contributed by atoms with Gasteiger partial charge in [0.25, 0.3) is 5.69 Å². The SMILES string of the molecule is CCCS(=O)(=O)N1CCCC(C(=O)Nc2cc(C)nn2-c2ccc([N+](=O)[O-])cc2)C1. The van der Waals surface area contributed by atoms with Crippen LogP contribution in [-0.4, -0.2) is 52.2 Å². The van der Waals surface area contributed by atoms with Crippen LogP contribution in [0.1, 0.15) is 31.9 Å². The van der Waals surface area contributed by atoms with Crippen molar-refractivity contribution < 1.29 is 18.1 Å². The molecular formula is C19H25N5O5S. The third-order valence-corrected chi connectivity index (χ3v) is 7.04. The number of carbonyl (C=O) groups is 1. The summed E-state index contributed by atoms with van der Waals surface area (Å²) in [5.41, 5.74) is 1.20. The van der Waals surface area contributed by atoms with E-state index >= 15 is 0 Å². The van der Waals surface area contributed by atoms with Gasteiger partial charge in [-0.15, -0.1) is 0 Å². The molecule has 1 unspecified atom stereocenters. The smallest absolute Gasteiger partial charge is 0.269 e. The van der Waals surface area contributed by atoms with Crippen molar-refractivity contribution in [3.8, 4) is 5.69 Å². The van der Waals surface area contributed by atoms with E-state index < -0.39 is 20.9 Å². The van der Waals surface area contributed by atoms with Gasteiger partial charge in [0.15, 0.2) is 0 Å². The van der Waals surface area contributed by atoms with E-state index in [0.29, 0.717) is 43.0 Å². The van der Waals surface area contributed by atoms with Crippen molar-refractivity contribution in [1.82, 2.24) is 14.1 Å². The number of nitrogens with zero attached hydrogens (tertiary/aromatic N) is 4. The number of rotatable bonds is 7. The summed E-state index contributed by atoms with van der Waals surface area (Å²) in [5.74, 6) is -0.215. The molecule has 1 atom stereocenters. The van der Waals surface area contributed by atoms with Gasteiger partial charge >= 0.3 is 0 Å². The summed E-state index contributed by atoms with van der Waals surface area (Å²) in [4.78, 5) is 23.2. The molecular weight excluding hydrogens is 410 g/mol.